The standard InChI is InChI=1S/C7H11FN4O/c8-5-4-11-7(9)12-6(5)10-2-1-3-13/h4,13H,1-3H2,(H3,9,10,11,12). The van der Waals surface area contributed by atoms with Crippen molar-refractivity contribution in [2.75, 3.05) is 24.2 Å². The van der Waals surface area contributed by atoms with Crippen LogP contribution >= 0.6 is 0 Å². The van der Waals surface area contributed by atoms with Gasteiger partial charge >= 0.3 is 0 Å². The van der Waals surface area contributed by atoms with E-state index in [1.807, 2.05) is 0 Å². The molecule has 0 spiro atoms. The zero-order chi connectivity index (χ0) is 9.68. The molecule has 5 nitrogen and oxygen atoms in total. The van der Waals surface area contributed by atoms with E-state index in [-0.39, 0.29) is 18.4 Å². The number of anilines is 2. The number of nitrogens with one attached hydrogen (secondary N) is 1. The summed E-state index contributed by atoms with van der Waals surface area (Å²) in [5.74, 6) is -0.457. The molecule has 0 aliphatic rings. The minimum Gasteiger partial charge on any atom is -0.396 e. The summed E-state index contributed by atoms with van der Waals surface area (Å²) in [7, 11) is 0. The van der Waals surface area contributed by atoms with Gasteiger partial charge in [0.1, 0.15) is 0 Å². The topological polar surface area (TPSA) is 84.1 Å². The van der Waals surface area contributed by atoms with Crippen LogP contribution in [0.4, 0.5) is 16.2 Å². The van der Waals surface area contributed by atoms with Crippen molar-refractivity contribution in [2.45, 2.75) is 6.42 Å². The molecule has 0 aliphatic carbocycles. The van der Waals surface area contributed by atoms with Crippen LogP contribution in [-0.2, 0) is 0 Å². The van der Waals surface area contributed by atoms with Gasteiger partial charge in [-0.2, -0.15) is 4.98 Å². The second-order valence-corrected chi connectivity index (χ2v) is 2.43. The minimum atomic E-state index is -0.549. The number of aromatic nitrogens is 2. The summed E-state index contributed by atoms with van der Waals surface area (Å²) in [6.07, 6.45) is 1.53. The van der Waals surface area contributed by atoms with Gasteiger partial charge in [-0.3, -0.25) is 0 Å². The summed E-state index contributed by atoms with van der Waals surface area (Å²) in [5.41, 5.74) is 5.25. The predicted molar refractivity (Wildman–Crippen MR) is 46.6 cm³/mol. The van der Waals surface area contributed by atoms with Crippen molar-refractivity contribution in [1.29, 1.82) is 0 Å². The molecule has 0 fully saturated rings. The number of nitrogens with zero attached hydrogens (tertiary/aromatic N) is 2. The summed E-state index contributed by atoms with van der Waals surface area (Å²) in [5, 5.41) is 11.2. The lowest BCUT2D eigenvalue weighted by Crippen LogP contribution is -2.08. The molecule has 6 heteroatoms. The average molecular weight is 186 g/mol. The van der Waals surface area contributed by atoms with Gasteiger partial charge in [-0.25, -0.2) is 9.37 Å². The number of nitrogen functional groups attached to an aromatic ring is 1. The highest BCUT2D eigenvalue weighted by Gasteiger charge is 2.03. The third-order valence-electron chi connectivity index (χ3n) is 1.39. The Bertz CT molecular complexity index is 281. The van der Waals surface area contributed by atoms with Gasteiger partial charge in [0.05, 0.1) is 6.20 Å². The van der Waals surface area contributed by atoms with Gasteiger partial charge in [-0.05, 0) is 6.42 Å². The van der Waals surface area contributed by atoms with Gasteiger partial charge in [-0.1, -0.05) is 0 Å². The summed E-state index contributed by atoms with van der Waals surface area (Å²) < 4.78 is 12.9. The van der Waals surface area contributed by atoms with Gasteiger partial charge in [0.15, 0.2) is 11.6 Å². The van der Waals surface area contributed by atoms with Crippen LogP contribution in [0.15, 0.2) is 6.20 Å². The van der Waals surface area contributed by atoms with E-state index in [9.17, 15) is 4.39 Å². The number of hydrogen-bond acceptors (Lipinski definition) is 5. The zero-order valence-electron chi connectivity index (χ0n) is 7.00. The predicted octanol–water partition coefficient (Wildman–Crippen LogP) is -0.00780. The number of aliphatic hydroxyl groups excluding tert-OH is 1. The van der Waals surface area contributed by atoms with Crippen LogP contribution in [-0.4, -0.2) is 28.2 Å². The maximum absolute atomic E-state index is 12.9. The molecule has 0 radical (unpaired) electrons. The Morgan fingerprint density at radius 2 is 2.38 bits per heavy atom. The average Bonchev–Trinajstić information content (AvgIpc) is 2.11. The van der Waals surface area contributed by atoms with E-state index in [0.29, 0.717) is 13.0 Å². The van der Waals surface area contributed by atoms with Crippen molar-refractivity contribution in [3.05, 3.63) is 12.0 Å². The number of rotatable bonds is 4. The van der Waals surface area contributed by atoms with Crippen molar-refractivity contribution in [1.82, 2.24) is 9.97 Å². The zero-order valence-corrected chi connectivity index (χ0v) is 7.00. The van der Waals surface area contributed by atoms with Crippen LogP contribution in [0.25, 0.3) is 0 Å². The molecule has 0 aromatic carbocycles. The van der Waals surface area contributed by atoms with Crippen molar-refractivity contribution in [3.63, 3.8) is 0 Å². The normalized spacial score (nSPS) is 10.0. The number of halogens is 1. The van der Waals surface area contributed by atoms with E-state index in [0.717, 1.165) is 6.20 Å². The van der Waals surface area contributed by atoms with E-state index in [4.69, 9.17) is 10.8 Å². The fraction of sp³-hybridized carbons (Fsp3) is 0.429. The summed E-state index contributed by atoms with van der Waals surface area (Å²) >= 11 is 0. The molecular weight excluding hydrogens is 175 g/mol. The van der Waals surface area contributed by atoms with Crippen LogP contribution in [0.2, 0.25) is 0 Å². The van der Waals surface area contributed by atoms with Gasteiger partial charge < -0.3 is 16.2 Å². The molecule has 0 amide bonds. The number of aliphatic hydroxyl groups is 1. The Hall–Kier alpha value is -1.43. The molecule has 1 aromatic heterocycles. The lowest BCUT2D eigenvalue weighted by atomic mass is 10.4. The molecule has 0 bridgehead atoms. The van der Waals surface area contributed by atoms with E-state index >= 15 is 0 Å². The van der Waals surface area contributed by atoms with E-state index in [1.165, 1.54) is 0 Å². The highest BCUT2D eigenvalue weighted by molar-refractivity contribution is 5.38. The maximum Gasteiger partial charge on any atom is 0.222 e. The van der Waals surface area contributed by atoms with Gasteiger partial charge in [0.25, 0.3) is 0 Å². The largest absolute Gasteiger partial charge is 0.396 e. The summed E-state index contributed by atoms with van der Waals surface area (Å²) in [6.45, 7) is 0.499. The molecule has 0 saturated heterocycles. The lowest BCUT2D eigenvalue weighted by Gasteiger charge is -2.04. The second kappa shape index (κ2) is 4.56. The molecular formula is C7H11FN4O. The van der Waals surface area contributed by atoms with E-state index < -0.39 is 5.82 Å². The SMILES string of the molecule is Nc1ncc(F)c(NCCCO)n1. The highest BCUT2D eigenvalue weighted by atomic mass is 19.1. The van der Waals surface area contributed by atoms with E-state index in [1.54, 1.807) is 0 Å². The first-order valence-corrected chi connectivity index (χ1v) is 3.87. The summed E-state index contributed by atoms with van der Waals surface area (Å²) in [6, 6.07) is 0. The van der Waals surface area contributed by atoms with Crippen LogP contribution < -0.4 is 11.1 Å². The maximum atomic E-state index is 12.9. The minimum absolute atomic E-state index is 0.0212. The second-order valence-electron chi connectivity index (χ2n) is 2.43. The third kappa shape index (κ3) is 2.83. The highest BCUT2D eigenvalue weighted by Crippen LogP contribution is 2.09. The van der Waals surface area contributed by atoms with Gasteiger partial charge in [-0.15, -0.1) is 0 Å². The smallest absolute Gasteiger partial charge is 0.222 e. The monoisotopic (exact) mass is 186 g/mol. The van der Waals surface area contributed by atoms with Crippen LogP contribution in [0.1, 0.15) is 6.42 Å². The molecule has 4 N–H and O–H groups in total. The first kappa shape index (κ1) is 9.66. The first-order chi connectivity index (χ1) is 6.24. The lowest BCUT2D eigenvalue weighted by molar-refractivity contribution is 0.292. The van der Waals surface area contributed by atoms with Crippen molar-refractivity contribution < 1.29 is 9.50 Å². The van der Waals surface area contributed by atoms with Crippen LogP contribution in [0.5, 0.6) is 0 Å². The Morgan fingerprint density at radius 3 is 3.08 bits per heavy atom. The molecule has 0 unspecified atom stereocenters. The van der Waals surface area contributed by atoms with Crippen molar-refractivity contribution in [3.8, 4) is 0 Å². The van der Waals surface area contributed by atoms with Crippen LogP contribution in [0, 0.1) is 5.82 Å². The van der Waals surface area contributed by atoms with Crippen molar-refractivity contribution >= 4 is 11.8 Å². The Kier molecular flexibility index (Phi) is 3.39. The van der Waals surface area contributed by atoms with Gasteiger partial charge in [0, 0.05) is 13.2 Å². The fourth-order valence-corrected chi connectivity index (χ4v) is 0.791. The van der Waals surface area contributed by atoms with Crippen LogP contribution in [0.3, 0.4) is 0 Å². The molecule has 0 atom stereocenters. The molecule has 0 saturated carbocycles. The third-order valence-corrected chi connectivity index (χ3v) is 1.39. The number of nitrogens with two attached hydrogens (primary N) is 1. The van der Waals surface area contributed by atoms with Gasteiger partial charge in [0.2, 0.25) is 5.95 Å². The van der Waals surface area contributed by atoms with E-state index in [2.05, 4.69) is 15.3 Å². The molecule has 0 aliphatic heterocycles. The number of hydrogen-bond donors (Lipinski definition) is 3. The Morgan fingerprint density at radius 1 is 1.62 bits per heavy atom. The Labute approximate surface area is 74.8 Å². The fourth-order valence-electron chi connectivity index (χ4n) is 0.791. The molecule has 72 valence electrons. The van der Waals surface area contributed by atoms with Crippen molar-refractivity contribution in [2.24, 2.45) is 0 Å². The first-order valence-electron chi connectivity index (χ1n) is 3.87. The molecule has 13 heavy (non-hydrogen) atoms. The Balaban J connectivity index is 2.59. The molecule has 1 heterocycles. The summed E-state index contributed by atoms with van der Waals surface area (Å²) in [4.78, 5) is 7.11. The molecule has 1 rings (SSSR count). The molecule has 1 aromatic rings. The quantitative estimate of drug-likeness (QED) is 0.576.